The fourth-order valence-corrected chi connectivity index (χ4v) is 4.08. The molecule has 154 valence electrons. The van der Waals surface area contributed by atoms with E-state index in [-0.39, 0.29) is 11.9 Å². The molecule has 2 aliphatic rings. The Hall–Kier alpha value is -2.73. The lowest BCUT2D eigenvalue weighted by atomic mass is 10.0. The Morgan fingerprint density at radius 2 is 1.86 bits per heavy atom. The maximum atomic E-state index is 12.7. The molecule has 2 aromatic rings. The second kappa shape index (κ2) is 9.18. The van der Waals surface area contributed by atoms with Crippen LogP contribution in [0.15, 0.2) is 48.5 Å². The second-order valence-electron chi connectivity index (χ2n) is 7.46. The zero-order valence-electron chi connectivity index (χ0n) is 17.0. The number of amides is 1. The lowest BCUT2D eigenvalue weighted by molar-refractivity contribution is -0.123. The van der Waals surface area contributed by atoms with Gasteiger partial charge < -0.3 is 19.7 Å². The van der Waals surface area contributed by atoms with Gasteiger partial charge in [-0.25, -0.2) is 0 Å². The van der Waals surface area contributed by atoms with Crippen molar-refractivity contribution in [1.29, 1.82) is 0 Å². The number of piperazine rings is 1. The van der Waals surface area contributed by atoms with Crippen LogP contribution in [0.3, 0.4) is 0 Å². The molecule has 2 aromatic carbocycles. The summed E-state index contributed by atoms with van der Waals surface area (Å²) in [5.41, 5.74) is 2.21. The molecule has 1 atom stereocenters. The van der Waals surface area contributed by atoms with Gasteiger partial charge in [0, 0.05) is 38.2 Å². The molecule has 0 aliphatic carbocycles. The quantitative estimate of drug-likeness (QED) is 0.815. The SMILES string of the molecule is CCOc1ccccc1N1CCN(CC(=O)NC2CCOc3ccccc32)CC1. The maximum absolute atomic E-state index is 12.7. The number of benzene rings is 2. The van der Waals surface area contributed by atoms with E-state index in [9.17, 15) is 4.79 Å². The Labute approximate surface area is 172 Å². The number of nitrogens with zero attached hydrogens (tertiary/aromatic N) is 2. The number of rotatable bonds is 6. The monoisotopic (exact) mass is 395 g/mol. The molecule has 0 saturated carbocycles. The number of ether oxygens (including phenoxy) is 2. The number of anilines is 1. The summed E-state index contributed by atoms with van der Waals surface area (Å²) in [4.78, 5) is 17.2. The number of para-hydroxylation sites is 3. The van der Waals surface area contributed by atoms with Crippen molar-refractivity contribution in [2.24, 2.45) is 0 Å². The first-order chi connectivity index (χ1) is 14.2. The van der Waals surface area contributed by atoms with Crippen LogP contribution in [0.2, 0.25) is 0 Å². The van der Waals surface area contributed by atoms with Crippen molar-refractivity contribution in [3.05, 3.63) is 54.1 Å². The smallest absolute Gasteiger partial charge is 0.234 e. The van der Waals surface area contributed by atoms with Crippen molar-refractivity contribution in [2.45, 2.75) is 19.4 Å². The molecule has 1 N–H and O–H groups in total. The molecule has 2 heterocycles. The fraction of sp³-hybridized carbons (Fsp3) is 0.435. The van der Waals surface area contributed by atoms with E-state index in [2.05, 4.69) is 21.2 Å². The van der Waals surface area contributed by atoms with Gasteiger partial charge >= 0.3 is 0 Å². The number of fused-ring (bicyclic) bond motifs is 1. The van der Waals surface area contributed by atoms with Crippen LogP contribution in [-0.4, -0.2) is 56.7 Å². The Morgan fingerprint density at radius 3 is 2.69 bits per heavy atom. The molecule has 0 bridgehead atoms. The van der Waals surface area contributed by atoms with Crippen LogP contribution >= 0.6 is 0 Å². The van der Waals surface area contributed by atoms with Crippen molar-refractivity contribution >= 4 is 11.6 Å². The van der Waals surface area contributed by atoms with Crippen molar-refractivity contribution < 1.29 is 14.3 Å². The molecule has 6 heteroatoms. The largest absolute Gasteiger partial charge is 0.493 e. The molecule has 1 unspecified atom stereocenters. The average Bonchev–Trinajstić information content (AvgIpc) is 2.75. The Kier molecular flexibility index (Phi) is 6.20. The molecule has 0 radical (unpaired) electrons. The van der Waals surface area contributed by atoms with Gasteiger partial charge in [0.25, 0.3) is 0 Å². The first-order valence-corrected chi connectivity index (χ1v) is 10.4. The molecular formula is C23H29N3O3. The van der Waals surface area contributed by atoms with Crippen LogP contribution in [0.4, 0.5) is 5.69 Å². The third-order valence-corrected chi connectivity index (χ3v) is 5.54. The van der Waals surface area contributed by atoms with Gasteiger partial charge in [-0.1, -0.05) is 30.3 Å². The van der Waals surface area contributed by atoms with Crippen LogP contribution in [0.25, 0.3) is 0 Å². The number of hydrogen-bond donors (Lipinski definition) is 1. The van der Waals surface area contributed by atoms with Gasteiger partial charge in [0.1, 0.15) is 11.5 Å². The molecule has 0 aromatic heterocycles. The highest BCUT2D eigenvalue weighted by atomic mass is 16.5. The van der Waals surface area contributed by atoms with Gasteiger partial charge in [0.15, 0.2) is 0 Å². The highest BCUT2D eigenvalue weighted by Crippen LogP contribution is 2.31. The topological polar surface area (TPSA) is 54.0 Å². The third-order valence-electron chi connectivity index (χ3n) is 5.54. The molecule has 2 aliphatic heterocycles. The summed E-state index contributed by atoms with van der Waals surface area (Å²) in [6.45, 7) is 7.22. The number of carbonyl (C=O) groups excluding carboxylic acids is 1. The molecule has 29 heavy (non-hydrogen) atoms. The molecule has 1 saturated heterocycles. The lowest BCUT2D eigenvalue weighted by Crippen LogP contribution is -2.50. The molecule has 4 rings (SSSR count). The maximum Gasteiger partial charge on any atom is 0.234 e. The normalized spacial score (nSPS) is 19.2. The minimum Gasteiger partial charge on any atom is -0.493 e. The van der Waals surface area contributed by atoms with Gasteiger partial charge in [-0.2, -0.15) is 0 Å². The molecular weight excluding hydrogens is 366 g/mol. The van der Waals surface area contributed by atoms with E-state index in [0.29, 0.717) is 19.8 Å². The first kappa shape index (κ1) is 19.6. The van der Waals surface area contributed by atoms with Crippen molar-refractivity contribution in [3.63, 3.8) is 0 Å². The zero-order valence-corrected chi connectivity index (χ0v) is 17.0. The van der Waals surface area contributed by atoms with E-state index in [1.54, 1.807) is 0 Å². The average molecular weight is 396 g/mol. The summed E-state index contributed by atoms with van der Waals surface area (Å²) < 4.78 is 11.5. The minimum absolute atomic E-state index is 0.0341. The predicted molar refractivity (Wildman–Crippen MR) is 114 cm³/mol. The standard InChI is InChI=1S/C23H29N3O3/c1-2-28-22-10-6-4-8-20(22)26-14-12-25(13-15-26)17-23(27)24-19-11-16-29-21-9-5-3-7-18(19)21/h3-10,19H,2,11-17H2,1H3,(H,24,27). The van der Waals surface area contributed by atoms with E-state index >= 15 is 0 Å². The number of hydrogen-bond acceptors (Lipinski definition) is 5. The van der Waals surface area contributed by atoms with Gasteiger partial charge in [-0.05, 0) is 25.1 Å². The van der Waals surface area contributed by atoms with E-state index in [4.69, 9.17) is 9.47 Å². The Morgan fingerprint density at radius 1 is 1.10 bits per heavy atom. The summed E-state index contributed by atoms with van der Waals surface area (Å²) in [6, 6.07) is 16.2. The van der Waals surface area contributed by atoms with Crippen LogP contribution in [-0.2, 0) is 4.79 Å². The summed E-state index contributed by atoms with van der Waals surface area (Å²) in [5, 5.41) is 3.20. The second-order valence-corrected chi connectivity index (χ2v) is 7.46. The lowest BCUT2D eigenvalue weighted by Gasteiger charge is -2.36. The number of nitrogens with one attached hydrogen (secondary N) is 1. The first-order valence-electron chi connectivity index (χ1n) is 10.4. The zero-order chi connectivity index (χ0) is 20.1. The van der Waals surface area contributed by atoms with Crippen LogP contribution in [0.1, 0.15) is 24.9 Å². The van der Waals surface area contributed by atoms with Gasteiger partial charge in [0.2, 0.25) is 5.91 Å². The third kappa shape index (κ3) is 4.65. The van der Waals surface area contributed by atoms with Crippen molar-refractivity contribution in [1.82, 2.24) is 10.2 Å². The molecule has 1 amide bonds. The van der Waals surface area contributed by atoms with Crippen molar-refractivity contribution in [2.75, 3.05) is 50.8 Å². The van der Waals surface area contributed by atoms with Gasteiger partial charge in [0.05, 0.1) is 31.5 Å². The summed E-state index contributed by atoms with van der Waals surface area (Å²) in [5.74, 6) is 1.89. The molecule has 6 nitrogen and oxygen atoms in total. The summed E-state index contributed by atoms with van der Waals surface area (Å²) in [6.07, 6.45) is 0.810. The molecule has 1 fully saturated rings. The Bertz CT molecular complexity index is 834. The number of carbonyl (C=O) groups is 1. The van der Waals surface area contributed by atoms with E-state index in [0.717, 1.165) is 55.3 Å². The van der Waals surface area contributed by atoms with Crippen molar-refractivity contribution in [3.8, 4) is 11.5 Å². The highest BCUT2D eigenvalue weighted by molar-refractivity contribution is 5.78. The van der Waals surface area contributed by atoms with E-state index in [1.165, 1.54) is 0 Å². The van der Waals surface area contributed by atoms with Crippen LogP contribution < -0.4 is 19.7 Å². The summed E-state index contributed by atoms with van der Waals surface area (Å²) >= 11 is 0. The van der Waals surface area contributed by atoms with Crippen LogP contribution in [0, 0.1) is 0 Å². The van der Waals surface area contributed by atoms with Gasteiger partial charge in [-0.3, -0.25) is 9.69 Å². The van der Waals surface area contributed by atoms with Gasteiger partial charge in [-0.15, -0.1) is 0 Å². The minimum atomic E-state index is 0.0341. The molecule has 0 spiro atoms. The van der Waals surface area contributed by atoms with E-state index < -0.39 is 0 Å². The summed E-state index contributed by atoms with van der Waals surface area (Å²) in [7, 11) is 0. The highest BCUT2D eigenvalue weighted by Gasteiger charge is 2.25. The Balaban J connectivity index is 1.30. The van der Waals surface area contributed by atoms with Crippen LogP contribution in [0.5, 0.6) is 11.5 Å². The predicted octanol–water partition coefficient (Wildman–Crippen LogP) is 2.85. The van der Waals surface area contributed by atoms with E-state index in [1.807, 2.05) is 49.4 Å². The fourth-order valence-electron chi connectivity index (χ4n) is 4.08.